The Balaban J connectivity index is 0.000000151. The van der Waals surface area contributed by atoms with Crippen LogP contribution in [0.2, 0.25) is 10.0 Å². The standard InChI is InChI=1S/C67H52N2O2.C27H16Cl2O2.C20H19N.C4H9O.Na/c1-41-17-23-51(33-43(41)3)68(49-25-19-47(20-26-49)45-13-9-7-10-14-45)53-29-31-55-59-37-61-57(39-65(59)70-63(55)35-53)58-40-66-60(38-62(58)67(61,5)6)56-32-30-54(36-64(56)71-66)69(52-24-18-42(2)44(4)34-52)50-27-21-48(22-28-50)46-15-11-8-12-16-46;1-27(2)21-9-19-15-5-3-13(28)7-23(15)30-25(19)11-17(21)18-12-26-20(10-22(18)27)16-6-4-14(29)8-24(16)31-26;1-15-8-11-20(14-16(15)2)21-19-12-9-18(10-13-19)17-6-4-3-5-7-17;1-4(2,3)5;/h7-40H,1-6H3;3-12H,1-2H3;3-14,21H,1-2H3;1-3H3;/q;;;-1;+1. The van der Waals surface area contributed by atoms with Crippen LogP contribution in [-0.4, -0.2) is 5.60 Å². The van der Waals surface area contributed by atoms with Crippen molar-refractivity contribution < 1.29 is 52.3 Å². The summed E-state index contributed by atoms with van der Waals surface area (Å²) >= 11 is 12.4. The van der Waals surface area contributed by atoms with Crippen molar-refractivity contribution in [3.05, 3.63) is 405 Å². The smallest absolute Gasteiger partial charge is 0.850 e. The molecule has 0 unspecified atom stereocenters. The second-order valence-corrected chi connectivity index (χ2v) is 37.3. The molecule has 628 valence electrons. The fourth-order valence-corrected chi connectivity index (χ4v) is 18.9. The van der Waals surface area contributed by atoms with Crippen LogP contribution >= 0.6 is 23.2 Å². The van der Waals surface area contributed by atoms with Crippen LogP contribution in [0.3, 0.4) is 0 Å². The molecule has 2 aliphatic rings. The molecule has 0 saturated heterocycles. The summed E-state index contributed by atoms with van der Waals surface area (Å²) in [6.45, 7) is 27.1. The van der Waals surface area contributed by atoms with E-state index in [1.165, 1.54) is 111 Å². The molecule has 0 radical (unpaired) electrons. The Morgan fingerprint density at radius 2 is 0.504 bits per heavy atom. The van der Waals surface area contributed by atoms with E-state index >= 15 is 0 Å². The molecule has 0 bridgehead atoms. The van der Waals surface area contributed by atoms with E-state index in [1.807, 2.05) is 42.5 Å². The normalized spacial score (nSPS) is 12.7. The quantitative estimate of drug-likeness (QED) is 0.128. The molecule has 17 aromatic carbocycles. The summed E-state index contributed by atoms with van der Waals surface area (Å²) in [7, 11) is 0. The van der Waals surface area contributed by atoms with Crippen molar-refractivity contribution in [2.75, 3.05) is 15.1 Å². The van der Waals surface area contributed by atoms with E-state index in [-0.39, 0.29) is 40.4 Å². The second-order valence-electron chi connectivity index (χ2n) is 36.4. The monoisotopic (exact) mass is 1730 g/mol. The second kappa shape index (κ2) is 33.8. The molecule has 2 aliphatic carbocycles. The minimum atomic E-state index is -0.750. The zero-order chi connectivity index (χ0) is 88.3. The van der Waals surface area contributed by atoms with Crippen molar-refractivity contribution in [1.82, 2.24) is 0 Å². The maximum absolute atomic E-state index is 10.1. The molecule has 4 heterocycles. The molecule has 23 rings (SSSR count). The average Bonchev–Trinajstić information content (AvgIpc) is 1.66. The van der Waals surface area contributed by atoms with Gasteiger partial charge < -0.3 is 37.9 Å². The van der Waals surface area contributed by atoms with Crippen LogP contribution in [0, 0.1) is 41.5 Å². The summed E-state index contributed by atoms with van der Waals surface area (Å²) in [5, 5.41) is 23.8. The number of halogens is 2. The number of nitrogens with one attached hydrogen (secondary N) is 1. The number of rotatable bonds is 11. The summed E-state index contributed by atoms with van der Waals surface area (Å²) in [6, 6.07) is 121. The van der Waals surface area contributed by atoms with Crippen LogP contribution in [0.4, 0.5) is 45.5 Å². The summed E-state index contributed by atoms with van der Waals surface area (Å²) in [4.78, 5) is 4.66. The summed E-state index contributed by atoms with van der Waals surface area (Å²) in [5.74, 6) is 0. The van der Waals surface area contributed by atoms with Crippen molar-refractivity contribution in [2.24, 2.45) is 0 Å². The van der Waals surface area contributed by atoms with Gasteiger partial charge in [0.25, 0.3) is 0 Å². The minimum absolute atomic E-state index is 0. The van der Waals surface area contributed by atoms with Crippen molar-refractivity contribution in [2.45, 2.75) is 106 Å². The number of fused-ring (bicyclic) bond motifs is 18. The molecule has 0 atom stereocenters. The van der Waals surface area contributed by atoms with Gasteiger partial charge in [0.1, 0.15) is 44.7 Å². The molecular weight excluding hydrogens is 1630 g/mol. The van der Waals surface area contributed by atoms with Gasteiger partial charge in [-0.1, -0.05) is 217 Å². The largest absolute Gasteiger partial charge is 1.00 e. The van der Waals surface area contributed by atoms with Crippen molar-refractivity contribution >= 4 is 156 Å². The number of anilines is 8. The van der Waals surface area contributed by atoms with Gasteiger partial charge in [0.15, 0.2) is 0 Å². The molecule has 11 heteroatoms. The SMILES string of the molecule is CC(C)(C)[O-].CC1(C)c2cc3c(cc2-c2cc4oc5cc(Cl)ccc5c4cc21)oc1cc(Cl)ccc13.Cc1ccc(N(c2ccc(-c3ccccc3)cc2)c2ccc3c(c2)oc2cc4c(cc23)C(C)(C)c2cc3c(cc2-4)oc2cc(N(c4ccc(-c5ccccc5)cc4)c4ccc(C)c(C)c4)ccc23)cc1C.Cc1ccc(Nc2ccc(-c3ccccc3)cc2)cc1C.[Na+]. The van der Waals surface area contributed by atoms with Gasteiger partial charge in [0.2, 0.25) is 0 Å². The van der Waals surface area contributed by atoms with E-state index in [4.69, 9.17) is 40.9 Å². The van der Waals surface area contributed by atoms with E-state index in [9.17, 15) is 5.11 Å². The molecule has 0 fully saturated rings. The molecule has 4 aromatic heterocycles. The van der Waals surface area contributed by atoms with Gasteiger partial charge in [0, 0.05) is 134 Å². The molecule has 0 spiro atoms. The number of benzene rings is 17. The molecule has 21 aromatic rings. The van der Waals surface area contributed by atoms with Gasteiger partial charge >= 0.3 is 29.6 Å². The Morgan fingerprint density at radius 3 is 0.822 bits per heavy atom. The summed E-state index contributed by atoms with van der Waals surface area (Å²) in [6.07, 6.45) is 0. The van der Waals surface area contributed by atoms with E-state index in [0.29, 0.717) is 10.0 Å². The van der Waals surface area contributed by atoms with Crippen LogP contribution in [0.25, 0.3) is 143 Å². The van der Waals surface area contributed by atoms with Gasteiger partial charge in [-0.15, -0.1) is 5.60 Å². The fraction of sp³-hybridized carbons (Fsp3) is 0.136. The molecule has 129 heavy (non-hydrogen) atoms. The number of nitrogens with zero attached hydrogens (tertiary/aromatic N) is 2. The number of hydrogen-bond acceptors (Lipinski definition) is 8. The van der Waals surface area contributed by atoms with Gasteiger partial charge in [-0.3, -0.25) is 0 Å². The molecular formula is C118H96Cl2N3NaO5. The maximum Gasteiger partial charge on any atom is 1.00 e. The zero-order valence-corrected chi connectivity index (χ0v) is 78.5. The third-order valence-corrected chi connectivity index (χ3v) is 26.3. The predicted octanol–water partition coefficient (Wildman–Crippen LogP) is 31.3. The number of furan rings is 4. The zero-order valence-electron chi connectivity index (χ0n) is 75.0. The van der Waals surface area contributed by atoms with Gasteiger partial charge in [-0.2, -0.15) is 0 Å². The minimum Gasteiger partial charge on any atom is -0.850 e. The van der Waals surface area contributed by atoms with Crippen LogP contribution in [0.1, 0.15) is 104 Å². The Labute approximate surface area is 784 Å². The molecule has 8 nitrogen and oxygen atoms in total. The third-order valence-electron chi connectivity index (χ3n) is 25.9. The van der Waals surface area contributed by atoms with Crippen molar-refractivity contribution in [3.8, 4) is 55.6 Å². The topological polar surface area (TPSA) is 94.1 Å². The molecule has 0 saturated carbocycles. The van der Waals surface area contributed by atoms with Crippen molar-refractivity contribution in [1.29, 1.82) is 0 Å². The van der Waals surface area contributed by atoms with Gasteiger partial charge in [0.05, 0.1) is 0 Å². The van der Waals surface area contributed by atoms with Gasteiger partial charge in [-0.05, 0) is 323 Å². The molecule has 1 N–H and O–H groups in total. The first-order chi connectivity index (χ1) is 61.7. The van der Waals surface area contributed by atoms with Crippen LogP contribution in [0.5, 0.6) is 0 Å². The first kappa shape index (κ1) is 85.3. The fourth-order valence-electron chi connectivity index (χ4n) is 18.6. The predicted molar refractivity (Wildman–Crippen MR) is 537 cm³/mol. The Bertz CT molecular complexity index is 7520. The molecule has 0 aliphatic heterocycles. The maximum atomic E-state index is 10.1. The van der Waals surface area contributed by atoms with Gasteiger partial charge in [-0.25, -0.2) is 0 Å². The Hall–Kier alpha value is -13.1. The van der Waals surface area contributed by atoms with Crippen LogP contribution in [-0.2, 0) is 10.8 Å². The van der Waals surface area contributed by atoms with E-state index in [2.05, 4.69) is 382 Å². The van der Waals surface area contributed by atoms with E-state index < -0.39 is 5.60 Å². The Morgan fingerprint density at radius 1 is 0.256 bits per heavy atom. The summed E-state index contributed by atoms with van der Waals surface area (Å²) < 4.78 is 26.1. The first-order valence-corrected chi connectivity index (χ1v) is 44.5. The van der Waals surface area contributed by atoms with Crippen LogP contribution in [0.15, 0.2) is 357 Å². The average molecular weight is 1730 g/mol. The van der Waals surface area contributed by atoms with Crippen molar-refractivity contribution in [3.63, 3.8) is 0 Å². The number of hydrogen-bond donors (Lipinski definition) is 1. The van der Waals surface area contributed by atoms with E-state index in [0.717, 1.165) is 133 Å². The Kier molecular flexibility index (Phi) is 22.4. The third kappa shape index (κ3) is 16.3. The first-order valence-electron chi connectivity index (χ1n) is 43.8. The number of aryl methyl sites for hydroxylation is 6. The molecule has 0 amide bonds. The summed E-state index contributed by atoms with van der Waals surface area (Å²) in [5.41, 5.74) is 39.3. The van der Waals surface area contributed by atoms with E-state index in [1.54, 1.807) is 20.8 Å². The van der Waals surface area contributed by atoms with Crippen LogP contribution < -0.4 is 49.8 Å².